The molecule has 2 N–H and O–H groups in total. The number of fused-ring (bicyclic) bond motifs is 5. The molecule has 2 bridgehead atoms. The van der Waals surface area contributed by atoms with Crippen molar-refractivity contribution in [1.82, 2.24) is 9.88 Å². The van der Waals surface area contributed by atoms with Gasteiger partial charge in [-0.1, -0.05) is 30.4 Å². The van der Waals surface area contributed by atoms with Gasteiger partial charge in [0.1, 0.15) is 0 Å². The van der Waals surface area contributed by atoms with Crippen molar-refractivity contribution in [2.24, 2.45) is 23.7 Å². The van der Waals surface area contributed by atoms with Gasteiger partial charge in [-0.05, 0) is 36.3 Å². The van der Waals surface area contributed by atoms with E-state index in [9.17, 15) is 27.9 Å². The van der Waals surface area contributed by atoms with E-state index >= 15 is 0 Å². The van der Waals surface area contributed by atoms with Crippen LogP contribution >= 0.6 is 0 Å². The van der Waals surface area contributed by atoms with E-state index in [-0.39, 0.29) is 24.1 Å². The Balaban J connectivity index is 1.57. The van der Waals surface area contributed by atoms with E-state index in [4.69, 9.17) is 0 Å². The second-order valence-corrected chi connectivity index (χ2v) is 8.13. The predicted molar refractivity (Wildman–Crippen MR) is 97.9 cm³/mol. The summed E-state index contributed by atoms with van der Waals surface area (Å²) in [5.74, 6) is -4.34. The summed E-state index contributed by atoms with van der Waals surface area (Å²) in [6.07, 6.45) is -0.298. The molecule has 5 rings (SSSR count). The molecular weight excluding hydrogens is 385 g/mol. The molecular formula is C21H19F3N2O3. The van der Waals surface area contributed by atoms with Crippen molar-refractivity contribution >= 4 is 22.8 Å². The van der Waals surface area contributed by atoms with E-state index in [1.807, 2.05) is 0 Å². The lowest BCUT2D eigenvalue weighted by Crippen LogP contribution is -2.51. The van der Waals surface area contributed by atoms with E-state index in [2.05, 4.69) is 4.98 Å². The largest absolute Gasteiger partial charge is 0.481 e. The maximum atomic E-state index is 14.1. The van der Waals surface area contributed by atoms with Crippen molar-refractivity contribution in [2.45, 2.75) is 25.1 Å². The van der Waals surface area contributed by atoms with E-state index in [0.717, 1.165) is 10.3 Å². The lowest BCUT2D eigenvalue weighted by Gasteiger charge is -2.39. The number of allylic oxidation sites excluding steroid dienone is 2. The first-order valence-corrected chi connectivity index (χ1v) is 9.65. The van der Waals surface area contributed by atoms with Crippen LogP contribution in [0.5, 0.6) is 0 Å². The first-order valence-electron chi connectivity index (χ1n) is 9.65. The van der Waals surface area contributed by atoms with Gasteiger partial charge in [-0.2, -0.15) is 13.2 Å². The predicted octanol–water partition coefficient (Wildman–Crippen LogP) is 3.68. The number of hydrogen-bond donors (Lipinski definition) is 2. The average Bonchev–Trinajstić information content (AvgIpc) is 3.37. The van der Waals surface area contributed by atoms with Crippen LogP contribution in [0.2, 0.25) is 0 Å². The summed E-state index contributed by atoms with van der Waals surface area (Å²) >= 11 is 0. The molecule has 1 amide bonds. The molecule has 0 unspecified atom stereocenters. The summed E-state index contributed by atoms with van der Waals surface area (Å²) in [6, 6.07) is 4.92. The SMILES string of the molecule is O=C(O)[C@@H]1[C@H](C(=O)N2CCc3c([nH]c4ccccc34)[C@H]2C(F)(F)F)[C@@H]2C=C[C@H]1C2. The molecule has 1 aromatic carbocycles. The summed E-state index contributed by atoms with van der Waals surface area (Å²) in [6.45, 7) is -0.0815. The molecule has 2 aromatic rings. The highest BCUT2D eigenvalue weighted by atomic mass is 19.4. The molecule has 2 aliphatic carbocycles. The summed E-state index contributed by atoms with van der Waals surface area (Å²) in [5.41, 5.74) is 1.17. The van der Waals surface area contributed by atoms with E-state index in [1.54, 1.807) is 36.4 Å². The van der Waals surface area contributed by atoms with Gasteiger partial charge in [-0.15, -0.1) is 0 Å². The number of amides is 1. The second kappa shape index (κ2) is 6.11. The number of para-hydroxylation sites is 1. The molecule has 5 nitrogen and oxygen atoms in total. The van der Waals surface area contributed by atoms with Gasteiger partial charge in [-0.3, -0.25) is 9.59 Å². The van der Waals surface area contributed by atoms with Crippen molar-refractivity contribution in [2.75, 3.05) is 6.54 Å². The number of rotatable bonds is 2. The van der Waals surface area contributed by atoms with Gasteiger partial charge < -0.3 is 15.0 Å². The molecule has 1 saturated carbocycles. The molecule has 1 aliphatic heterocycles. The third-order valence-electron chi connectivity index (χ3n) is 6.66. The van der Waals surface area contributed by atoms with Crippen LogP contribution < -0.4 is 0 Å². The third kappa shape index (κ3) is 2.61. The standard InChI is InChI=1S/C21H19F3N2O3/c22-21(23,24)18-17-13(12-3-1-2-4-14(12)25-17)7-8-26(18)19(27)15-10-5-6-11(9-10)16(15)20(28)29/h1-6,10-11,15-16,18,25H,7-9H2,(H,28,29)/t10-,11+,15-,16+,18+/m1/s1. The quantitative estimate of drug-likeness (QED) is 0.750. The number of benzene rings is 1. The fourth-order valence-corrected chi connectivity index (χ4v) is 5.51. The highest BCUT2D eigenvalue weighted by Gasteiger charge is 2.57. The Labute approximate surface area is 164 Å². The van der Waals surface area contributed by atoms with Crippen molar-refractivity contribution in [3.63, 3.8) is 0 Å². The van der Waals surface area contributed by atoms with Crippen LogP contribution in [0.3, 0.4) is 0 Å². The number of carbonyl (C=O) groups excluding carboxylic acids is 1. The van der Waals surface area contributed by atoms with Crippen LogP contribution in [-0.4, -0.2) is 39.6 Å². The monoisotopic (exact) mass is 404 g/mol. The van der Waals surface area contributed by atoms with E-state index in [1.165, 1.54) is 0 Å². The number of halogens is 3. The Hall–Kier alpha value is -2.77. The number of carboxylic acids is 1. The van der Waals surface area contributed by atoms with Gasteiger partial charge in [0, 0.05) is 17.4 Å². The van der Waals surface area contributed by atoms with Crippen molar-refractivity contribution in [3.05, 3.63) is 47.7 Å². The summed E-state index contributed by atoms with van der Waals surface area (Å²) in [4.78, 5) is 28.8. The Kier molecular flexibility index (Phi) is 3.85. The molecule has 1 aromatic heterocycles. The Morgan fingerprint density at radius 2 is 1.79 bits per heavy atom. The number of H-pyrrole nitrogens is 1. The van der Waals surface area contributed by atoms with Crippen LogP contribution in [0.1, 0.15) is 23.7 Å². The molecule has 2 heterocycles. The van der Waals surface area contributed by atoms with Gasteiger partial charge in [0.2, 0.25) is 5.91 Å². The fourth-order valence-electron chi connectivity index (χ4n) is 5.51. The van der Waals surface area contributed by atoms with Crippen LogP contribution in [0, 0.1) is 23.7 Å². The van der Waals surface area contributed by atoms with Gasteiger partial charge in [0.25, 0.3) is 0 Å². The normalized spacial score (nSPS) is 30.7. The lowest BCUT2D eigenvalue weighted by atomic mass is 9.81. The number of nitrogens with zero attached hydrogens (tertiary/aromatic N) is 1. The van der Waals surface area contributed by atoms with Crippen molar-refractivity contribution in [1.29, 1.82) is 0 Å². The highest BCUT2D eigenvalue weighted by molar-refractivity contribution is 5.89. The number of carboxylic acid groups (broad SMARTS) is 1. The molecule has 29 heavy (non-hydrogen) atoms. The summed E-state index contributed by atoms with van der Waals surface area (Å²) in [5, 5.41) is 10.3. The minimum atomic E-state index is -4.67. The minimum absolute atomic E-state index is 0.0103. The first kappa shape index (κ1) is 18.3. The van der Waals surface area contributed by atoms with E-state index in [0.29, 0.717) is 23.9 Å². The summed E-state index contributed by atoms with van der Waals surface area (Å²) < 4.78 is 42.4. The first-order chi connectivity index (χ1) is 13.8. The van der Waals surface area contributed by atoms with Crippen LogP contribution in [0.4, 0.5) is 13.2 Å². The maximum Gasteiger partial charge on any atom is 0.414 e. The topological polar surface area (TPSA) is 73.4 Å². The smallest absolute Gasteiger partial charge is 0.414 e. The number of aromatic amines is 1. The van der Waals surface area contributed by atoms with Gasteiger partial charge >= 0.3 is 12.1 Å². The molecule has 8 heteroatoms. The Morgan fingerprint density at radius 3 is 2.48 bits per heavy atom. The Morgan fingerprint density at radius 1 is 1.10 bits per heavy atom. The van der Waals surface area contributed by atoms with E-state index < -0.39 is 35.9 Å². The Bertz CT molecular complexity index is 1040. The van der Waals surface area contributed by atoms with Gasteiger partial charge in [0.05, 0.1) is 17.5 Å². The number of aromatic nitrogens is 1. The zero-order valence-electron chi connectivity index (χ0n) is 15.3. The van der Waals surface area contributed by atoms with Crippen molar-refractivity contribution in [3.8, 4) is 0 Å². The number of carbonyl (C=O) groups is 2. The number of hydrogen-bond acceptors (Lipinski definition) is 2. The third-order valence-corrected chi connectivity index (χ3v) is 6.66. The molecule has 0 spiro atoms. The molecule has 1 fully saturated rings. The van der Waals surface area contributed by atoms with Crippen LogP contribution in [-0.2, 0) is 16.0 Å². The number of nitrogens with one attached hydrogen (secondary N) is 1. The van der Waals surface area contributed by atoms with Gasteiger partial charge in [0.15, 0.2) is 6.04 Å². The summed E-state index contributed by atoms with van der Waals surface area (Å²) in [7, 11) is 0. The number of aliphatic carboxylic acids is 1. The second-order valence-electron chi connectivity index (χ2n) is 8.13. The highest BCUT2D eigenvalue weighted by Crippen LogP contribution is 2.51. The molecule has 0 radical (unpaired) electrons. The lowest BCUT2D eigenvalue weighted by molar-refractivity contribution is -0.197. The molecule has 0 saturated heterocycles. The zero-order valence-corrected chi connectivity index (χ0v) is 15.3. The fraction of sp³-hybridized carbons (Fsp3) is 0.429. The number of alkyl halides is 3. The molecule has 152 valence electrons. The minimum Gasteiger partial charge on any atom is -0.481 e. The van der Waals surface area contributed by atoms with Crippen molar-refractivity contribution < 1.29 is 27.9 Å². The molecule has 5 atom stereocenters. The molecule has 3 aliphatic rings. The average molecular weight is 404 g/mol. The zero-order chi connectivity index (χ0) is 20.5. The maximum absolute atomic E-state index is 14.1. The van der Waals surface area contributed by atoms with Gasteiger partial charge in [-0.25, -0.2) is 0 Å². The van der Waals surface area contributed by atoms with Crippen LogP contribution in [0.25, 0.3) is 10.9 Å². The van der Waals surface area contributed by atoms with Crippen LogP contribution in [0.15, 0.2) is 36.4 Å².